The molecule has 20 heavy (non-hydrogen) atoms. The second-order valence-corrected chi connectivity index (χ2v) is 7.56. The van der Waals surface area contributed by atoms with Crippen LogP contribution < -0.4 is 23.6 Å². The van der Waals surface area contributed by atoms with Crippen LogP contribution in [0.1, 0.15) is 12.8 Å². The summed E-state index contributed by atoms with van der Waals surface area (Å²) in [5.74, 6) is -0.434. The number of rotatable bonds is 11. The molecule has 0 heterocycles. The van der Waals surface area contributed by atoms with Crippen molar-refractivity contribution in [3.8, 4) is 0 Å². The molecular formula is C9H21LiN2O6S2. The van der Waals surface area contributed by atoms with Crippen molar-refractivity contribution in [3.05, 3.63) is 0 Å². The molecule has 0 unspecified atom stereocenters. The van der Waals surface area contributed by atoms with Gasteiger partial charge in [-0.2, -0.15) is 0 Å². The van der Waals surface area contributed by atoms with E-state index in [-0.39, 0.29) is 38.4 Å². The molecule has 0 aromatic heterocycles. The average Bonchev–Trinajstić information content (AvgIpc) is 2.21. The fourth-order valence-corrected chi connectivity index (χ4v) is 2.50. The molecule has 0 fully saturated rings. The summed E-state index contributed by atoms with van der Waals surface area (Å²) in [6.07, 6.45) is 1.81. The van der Waals surface area contributed by atoms with Gasteiger partial charge in [0.15, 0.2) is 0 Å². The Balaban J connectivity index is 0. The third-order valence-corrected chi connectivity index (χ3v) is 3.82. The third kappa shape index (κ3) is 16.4. The minimum atomic E-state index is -4.21. The van der Waals surface area contributed by atoms with Crippen molar-refractivity contribution >= 4 is 20.1 Å². The Hall–Kier alpha value is 0.337. The zero-order chi connectivity index (χ0) is 14.9. The van der Waals surface area contributed by atoms with Gasteiger partial charge >= 0.3 is 18.9 Å². The fraction of sp³-hybridized carbons (Fsp3) is 1.00. The van der Waals surface area contributed by atoms with E-state index in [0.29, 0.717) is 26.1 Å². The Morgan fingerprint density at radius 3 is 2.10 bits per heavy atom. The van der Waals surface area contributed by atoms with E-state index in [2.05, 4.69) is 4.72 Å². The summed E-state index contributed by atoms with van der Waals surface area (Å²) >= 11 is 0. The molecular weight excluding hydrogens is 303 g/mol. The largest absolute Gasteiger partial charge is 1.00 e. The molecule has 0 saturated carbocycles. The Morgan fingerprint density at radius 1 is 1.10 bits per heavy atom. The van der Waals surface area contributed by atoms with Crippen LogP contribution in [0.15, 0.2) is 0 Å². The summed E-state index contributed by atoms with van der Waals surface area (Å²) in [6.45, 7) is 1.45. The summed E-state index contributed by atoms with van der Waals surface area (Å²) in [5, 5.41) is 8.85. The third-order valence-electron chi connectivity index (χ3n) is 2.30. The van der Waals surface area contributed by atoms with Gasteiger partial charge in [0.05, 0.1) is 23.0 Å². The van der Waals surface area contributed by atoms with Crippen LogP contribution in [0.2, 0.25) is 0 Å². The van der Waals surface area contributed by atoms with Gasteiger partial charge in [0.25, 0.3) is 0 Å². The minimum Gasteiger partial charge on any atom is -0.748 e. The van der Waals surface area contributed by atoms with Crippen LogP contribution in [0.3, 0.4) is 0 Å². The topological polar surface area (TPSA) is 127 Å². The molecule has 11 heteroatoms. The summed E-state index contributed by atoms with van der Waals surface area (Å²) in [5.41, 5.74) is 0. The maximum atomic E-state index is 10.8. The normalized spacial score (nSPS) is 12.4. The quantitative estimate of drug-likeness (QED) is 0.222. The number of hydrogen-bond acceptors (Lipinski definition) is 7. The maximum absolute atomic E-state index is 10.8. The zero-order valence-corrected chi connectivity index (χ0v) is 13.5. The molecule has 0 aliphatic carbocycles. The van der Waals surface area contributed by atoms with Crippen LogP contribution in [-0.2, 0) is 20.1 Å². The number of hydrogen-bond donors (Lipinski definition) is 2. The second-order valence-electron chi connectivity index (χ2n) is 4.20. The van der Waals surface area contributed by atoms with Crippen LogP contribution in [0.4, 0.5) is 0 Å². The Bertz CT molecular complexity index is 439. The monoisotopic (exact) mass is 324 g/mol. The first-order chi connectivity index (χ1) is 8.64. The van der Waals surface area contributed by atoms with Gasteiger partial charge in [0, 0.05) is 18.8 Å². The van der Waals surface area contributed by atoms with Crippen LogP contribution in [-0.4, -0.2) is 76.2 Å². The maximum Gasteiger partial charge on any atom is 1.00 e. The van der Waals surface area contributed by atoms with Crippen molar-refractivity contribution < 1.29 is 45.4 Å². The molecule has 0 aromatic carbocycles. The Labute approximate surface area is 132 Å². The molecule has 0 aromatic rings. The molecule has 0 radical (unpaired) electrons. The number of nitrogens with zero attached hydrogens (tertiary/aromatic N) is 1. The smallest absolute Gasteiger partial charge is 0.748 e. The van der Waals surface area contributed by atoms with Gasteiger partial charge in [-0.05, 0) is 25.9 Å². The van der Waals surface area contributed by atoms with E-state index in [1.54, 1.807) is 4.90 Å². The van der Waals surface area contributed by atoms with Gasteiger partial charge in [0.2, 0.25) is 10.0 Å². The van der Waals surface area contributed by atoms with E-state index in [0.717, 1.165) is 6.26 Å². The van der Waals surface area contributed by atoms with Gasteiger partial charge in [-0.25, -0.2) is 21.6 Å². The molecule has 0 saturated heterocycles. The van der Waals surface area contributed by atoms with Crippen LogP contribution in [0, 0.1) is 0 Å². The summed E-state index contributed by atoms with van der Waals surface area (Å²) in [7, 11) is -7.42. The van der Waals surface area contributed by atoms with Crippen LogP contribution >= 0.6 is 0 Å². The molecule has 0 atom stereocenters. The molecule has 0 aliphatic heterocycles. The Morgan fingerprint density at radius 2 is 1.65 bits per heavy atom. The first-order valence-corrected chi connectivity index (χ1v) is 9.32. The number of sulfonamides is 1. The standard InChI is InChI=1S/C9H22N2O6S2.Li/c1-18(13,14)10-4-2-5-11(7-8-12)6-3-9-19(15,16)17;/h10,12H,2-9H2,1H3,(H,15,16,17);/q;+1/p-1. The van der Waals surface area contributed by atoms with Crippen molar-refractivity contribution in [2.75, 3.05) is 44.8 Å². The fourth-order valence-electron chi connectivity index (χ4n) is 1.50. The average molecular weight is 324 g/mol. The van der Waals surface area contributed by atoms with Gasteiger partial charge in [0.1, 0.15) is 0 Å². The van der Waals surface area contributed by atoms with Crippen molar-refractivity contribution in [3.63, 3.8) is 0 Å². The number of aliphatic hydroxyl groups excluding tert-OH is 1. The summed E-state index contributed by atoms with van der Waals surface area (Å²) in [6, 6.07) is 0. The number of aliphatic hydroxyl groups is 1. The molecule has 2 N–H and O–H groups in total. The molecule has 0 spiro atoms. The van der Waals surface area contributed by atoms with Crippen LogP contribution in [0.5, 0.6) is 0 Å². The van der Waals surface area contributed by atoms with Gasteiger partial charge in [-0.3, -0.25) is 0 Å². The number of nitrogens with one attached hydrogen (secondary N) is 1. The van der Waals surface area contributed by atoms with Crippen LogP contribution in [0.25, 0.3) is 0 Å². The molecule has 116 valence electrons. The summed E-state index contributed by atoms with van der Waals surface area (Å²) < 4.78 is 55.3. The Kier molecular flexibility index (Phi) is 12.4. The predicted molar refractivity (Wildman–Crippen MR) is 70.2 cm³/mol. The van der Waals surface area contributed by atoms with Crippen molar-refractivity contribution in [1.82, 2.24) is 9.62 Å². The molecule has 0 amide bonds. The predicted octanol–water partition coefficient (Wildman–Crippen LogP) is -4.84. The van der Waals surface area contributed by atoms with E-state index in [1.165, 1.54) is 0 Å². The van der Waals surface area contributed by atoms with E-state index in [4.69, 9.17) is 5.11 Å². The molecule has 0 aliphatic rings. The first-order valence-electron chi connectivity index (χ1n) is 5.85. The van der Waals surface area contributed by atoms with Crippen molar-refractivity contribution in [1.29, 1.82) is 0 Å². The van der Waals surface area contributed by atoms with Gasteiger partial charge in [-0.1, -0.05) is 0 Å². The second kappa shape index (κ2) is 11.0. The first kappa shape index (κ1) is 22.6. The van der Waals surface area contributed by atoms with E-state index < -0.39 is 25.9 Å². The van der Waals surface area contributed by atoms with E-state index in [1.807, 2.05) is 0 Å². The van der Waals surface area contributed by atoms with Crippen molar-refractivity contribution in [2.24, 2.45) is 0 Å². The zero-order valence-electron chi connectivity index (χ0n) is 11.9. The van der Waals surface area contributed by atoms with E-state index in [9.17, 15) is 21.4 Å². The van der Waals surface area contributed by atoms with E-state index >= 15 is 0 Å². The molecule has 8 nitrogen and oxygen atoms in total. The molecule has 0 bridgehead atoms. The van der Waals surface area contributed by atoms with Gasteiger partial charge in [-0.15, -0.1) is 0 Å². The van der Waals surface area contributed by atoms with Crippen molar-refractivity contribution in [2.45, 2.75) is 12.8 Å². The summed E-state index contributed by atoms with van der Waals surface area (Å²) in [4.78, 5) is 1.79. The van der Waals surface area contributed by atoms with Gasteiger partial charge < -0.3 is 14.6 Å². The minimum absolute atomic E-state index is 0. The SMILES string of the molecule is CS(=O)(=O)NCCCN(CCO)CCCS(=O)(=O)[O-].[Li+]. The molecule has 0 rings (SSSR count).